The number of nitrogens with one attached hydrogen (secondary N) is 1. The van der Waals surface area contributed by atoms with Gasteiger partial charge in [0.05, 0.1) is 15.9 Å². The van der Waals surface area contributed by atoms with Crippen molar-refractivity contribution in [1.82, 2.24) is 19.5 Å². The molecule has 0 aliphatic carbocycles. The molecule has 0 unspecified atom stereocenters. The number of hydrogen-bond acceptors (Lipinski definition) is 7. The van der Waals surface area contributed by atoms with E-state index < -0.39 is 32.4 Å². The Morgan fingerprint density at radius 3 is 2.87 bits per heavy atom. The van der Waals surface area contributed by atoms with Crippen molar-refractivity contribution < 1.29 is 18.4 Å². The van der Waals surface area contributed by atoms with Crippen molar-refractivity contribution in [2.45, 2.75) is 23.8 Å². The lowest BCUT2D eigenvalue weighted by atomic mass is 10.2. The number of phenolic OH excluding ortho intramolecular Hbond substituents is 1. The average Bonchev–Trinajstić information content (AvgIpc) is 3.18. The second-order valence-electron chi connectivity index (χ2n) is 5.05. The largest absolute Gasteiger partial charge is 0.502 e. The molecule has 2 aromatic rings. The maximum atomic E-state index is 12.8. The van der Waals surface area contributed by atoms with Crippen LogP contribution in [0.2, 0.25) is 0 Å². The van der Waals surface area contributed by atoms with Crippen LogP contribution in [0, 0.1) is 10.1 Å². The molecule has 1 fully saturated rings. The summed E-state index contributed by atoms with van der Waals surface area (Å²) in [5, 5.41) is 26.7. The zero-order valence-corrected chi connectivity index (χ0v) is 12.6. The zero-order chi connectivity index (χ0) is 16.6. The number of aromatic nitrogens is 3. The highest BCUT2D eigenvalue weighted by atomic mass is 32.2. The monoisotopic (exact) mass is 339 g/mol. The van der Waals surface area contributed by atoms with E-state index in [9.17, 15) is 23.6 Å². The number of sulfonamides is 1. The normalized spacial score (nSPS) is 19.0. The van der Waals surface area contributed by atoms with E-state index in [0.29, 0.717) is 18.7 Å². The van der Waals surface area contributed by atoms with Gasteiger partial charge in [0.15, 0.2) is 5.75 Å². The van der Waals surface area contributed by atoms with Gasteiger partial charge in [-0.1, -0.05) is 0 Å². The molecule has 0 spiro atoms. The van der Waals surface area contributed by atoms with Crippen LogP contribution in [-0.4, -0.2) is 44.5 Å². The third kappa shape index (κ3) is 2.64. The van der Waals surface area contributed by atoms with Crippen LogP contribution >= 0.6 is 0 Å². The minimum Gasteiger partial charge on any atom is -0.502 e. The minimum atomic E-state index is -3.96. The number of nitro benzene ring substituents is 1. The van der Waals surface area contributed by atoms with Crippen LogP contribution in [0.15, 0.2) is 29.4 Å². The molecule has 2 heterocycles. The molecule has 1 aliphatic rings. The summed E-state index contributed by atoms with van der Waals surface area (Å²) >= 11 is 0. The minimum absolute atomic E-state index is 0.242. The molecule has 1 aliphatic heterocycles. The Morgan fingerprint density at radius 1 is 1.43 bits per heavy atom. The van der Waals surface area contributed by atoms with E-state index >= 15 is 0 Å². The van der Waals surface area contributed by atoms with Gasteiger partial charge >= 0.3 is 5.69 Å². The summed E-state index contributed by atoms with van der Waals surface area (Å²) in [7, 11) is -3.96. The molecule has 1 aromatic carbocycles. The Kier molecular flexibility index (Phi) is 3.74. The fourth-order valence-corrected chi connectivity index (χ4v) is 4.30. The van der Waals surface area contributed by atoms with Gasteiger partial charge in [-0.2, -0.15) is 9.40 Å². The van der Waals surface area contributed by atoms with Crippen molar-refractivity contribution in [1.29, 1.82) is 0 Å². The molecule has 1 saturated heterocycles. The first-order valence-electron chi connectivity index (χ1n) is 6.76. The van der Waals surface area contributed by atoms with Crippen LogP contribution in [0.4, 0.5) is 5.69 Å². The first kappa shape index (κ1) is 15.4. The molecular weight excluding hydrogens is 326 g/mol. The summed E-state index contributed by atoms with van der Waals surface area (Å²) in [6, 6.07) is 2.52. The number of nitro groups is 1. The Hall–Kier alpha value is -2.53. The maximum absolute atomic E-state index is 12.8. The summed E-state index contributed by atoms with van der Waals surface area (Å²) < 4.78 is 26.8. The van der Waals surface area contributed by atoms with E-state index in [2.05, 4.69) is 15.2 Å². The summed E-state index contributed by atoms with van der Waals surface area (Å²) in [4.78, 5) is 13.8. The highest BCUT2D eigenvalue weighted by Gasteiger charge is 2.38. The molecule has 1 atom stereocenters. The van der Waals surface area contributed by atoms with Crippen LogP contribution in [0.1, 0.15) is 24.7 Å². The molecule has 0 amide bonds. The van der Waals surface area contributed by atoms with Gasteiger partial charge in [0, 0.05) is 12.6 Å². The van der Waals surface area contributed by atoms with E-state index in [0.717, 1.165) is 18.2 Å². The molecule has 10 nitrogen and oxygen atoms in total. The van der Waals surface area contributed by atoms with Gasteiger partial charge < -0.3 is 5.11 Å². The molecular formula is C12H13N5O5S. The van der Waals surface area contributed by atoms with Crippen LogP contribution < -0.4 is 0 Å². The van der Waals surface area contributed by atoms with Crippen LogP contribution in [0.5, 0.6) is 5.75 Å². The van der Waals surface area contributed by atoms with Crippen LogP contribution in [0.25, 0.3) is 0 Å². The lowest BCUT2D eigenvalue weighted by Crippen LogP contribution is -2.31. The van der Waals surface area contributed by atoms with Gasteiger partial charge in [-0.15, -0.1) is 0 Å². The van der Waals surface area contributed by atoms with Crippen molar-refractivity contribution in [2.75, 3.05) is 6.54 Å². The number of nitrogens with zero attached hydrogens (tertiary/aromatic N) is 4. The number of hydrogen-bond donors (Lipinski definition) is 2. The number of benzene rings is 1. The molecule has 11 heteroatoms. The quantitative estimate of drug-likeness (QED) is 0.623. The summed E-state index contributed by atoms with van der Waals surface area (Å²) in [5.41, 5.74) is -0.651. The Morgan fingerprint density at radius 2 is 2.22 bits per heavy atom. The lowest BCUT2D eigenvalue weighted by molar-refractivity contribution is -0.386. The topological polar surface area (TPSA) is 142 Å². The first-order chi connectivity index (χ1) is 10.9. The van der Waals surface area contributed by atoms with E-state index in [-0.39, 0.29) is 11.4 Å². The number of phenols is 1. The highest BCUT2D eigenvalue weighted by molar-refractivity contribution is 7.89. The summed E-state index contributed by atoms with van der Waals surface area (Å²) in [5.74, 6) is -0.151. The van der Waals surface area contributed by atoms with Crippen molar-refractivity contribution in [3.8, 4) is 5.75 Å². The van der Waals surface area contributed by atoms with E-state index in [1.165, 1.54) is 10.6 Å². The van der Waals surface area contributed by atoms with E-state index in [1.807, 2.05) is 0 Å². The molecule has 23 heavy (non-hydrogen) atoms. The predicted octanol–water partition coefficient (Wildman–Crippen LogP) is 0.944. The van der Waals surface area contributed by atoms with Crippen molar-refractivity contribution in [2.24, 2.45) is 0 Å². The highest BCUT2D eigenvalue weighted by Crippen LogP contribution is 2.36. The van der Waals surface area contributed by atoms with Gasteiger partial charge in [-0.25, -0.2) is 13.4 Å². The van der Waals surface area contributed by atoms with Gasteiger partial charge in [0.1, 0.15) is 12.2 Å². The van der Waals surface area contributed by atoms with E-state index in [1.54, 1.807) is 0 Å². The molecule has 0 radical (unpaired) electrons. The van der Waals surface area contributed by atoms with Gasteiger partial charge in [-0.05, 0) is 25.0 Å². The fraction of sp³-hybridized carbons (Fsp3) is 0.333. The maximum Gasteiger partial charge on any atom is 0.312 e. The molecule has 3 rings (SSSR count). The third-order valence-corrected chi connectivity index (χ3v) is 5.61. The number of aromatic amines is 1. The Bertz CT molecular complexity index is 836. The molecule has 0 saturated carbocycles. The van der Waals surface area contributed by atoms with Crippen LogP contribution in [-0.2, 0) is 10.0 Å². The Balaban J connectivity index is 2.01. The van der Waals surface area contributed by atoms with Crippen molar-refractivity contribution in [3.63, 3.8) is 0 Å². The molecule has 0 bridgehead atoms. The van der Waals surface area contributed by atoms with Gasteiger partial charge in [-0.3, -0.25) is 15.2 Å². The fourth-order valence-electron chi connectivity index (χ4n) is 2.62. The van der Waals surface area contributed by atoms with E-state index in [4.69, 9.17) is 0 Å². The third-order valence-electron chi connectivity index (χ3n) is 3.70. The standard InChI is InChI=1S/C12H13N5O5S/c18-11-4-3-8(6-10(11)17(19)20)23(21,22)16-5-1-2-9(16)12-13-7-14-15-12/h3-4,6-7,9,18H,1-2,5H2,(H,13,14,15)/t9-/m0/s1. The summed E-state index contributed by atoms with van der Waals surface area (Å²) in [6.45, 7) is 0.280. The van der Waals surface area contributed by atoms with Crippen LogP contribution in [0.3, 0.4) is 0 Å². The second kappa shape index (κ2) is 5.59. The number of H-pyrrole nitrogens is 1. The SMILES string of the molecule is O=[N+]([O-])c1cc(S(=O)(=O)N2CCC[C@H]2c2ncn[nH]2)ccc1O. The van der Waals surface area contributed by atoms with Gasteiger partial charge in [0.2, 0.25) is 10.0 Å². The molecule has 122 valence electrons. The average molecular weight is 339 g/mol. The zero-order valence-electron chi connectivity index (χ0n) is 11.8. The van der Waals surface area contributed by atoms with Crippen molar-refractivity contribution in [3.05, 3.63) is 40.5 Å². The number of aromatic hydroxyl groups is 1. The van der Waals surface area contributed by atoms with Crippen molar-refractivity contribution >= 4 is 15.7 Å². The van der Waals surface area contributed by atoms with Gasteiger partial charge in [0.25, 0.3) is 0 Å². The summed E-state index contributed by atoms with van der Waals surface area (Å²) in [6.07, 6.45) is 2.52. The number of rotatable bonds is 4. The first-order valence-corrected chi connectivity index (χ1v) is 8.20. The smallest absolute Gasteiger partial charge is 0.312 e. The predicted molar refractivity (Wildman–Crippen MR) is 77.0 cm³/mol. The molecule has 2 N–H and O–H groups in total. The molecule has 1 aromatic heterocycles. The Labute approximate surface area is 131 Å². The second-order valence-corrected chi connectivity index (χ2v) is 6.94. The lowest BCUT2D eigenvalue weighted by Gasteiger charge is -2.22.